The van der Waals surface area contributed by atoms with E-state index in [2.05, 4.69) is 35.0 Å². The Morgan fingerprint density at radius 3 is 2.69 bits per heavy atom. The zero-order chi connectivity index (χ0) is 25.0. The molecule has 11 nitrogen and oxygen atoms in total. The molecule has 0 radical (unpaired) electrons. The van der Waals surface area contributed by atoms with Gasteiger partial charge in [0.15, 0.2) is 11.6 Å². The van der Waals surface area contributed by atoms with Gasteiger partial charge in [0.25, 0.3) is 0 Å². The fraction of sp³-hybridized carbons (Fsp3) is 0.364. The Labute approximate surface area is 201 Å². The van der Waals surface area contributed by atoms with E-state index in [9.17, 15) is 17.6 Å². The molecule has 3 aromatic heterocycles. The molecule has 0 aliphatic heterocycles. The van der Waals surface area contributed by atoms with Crippen molar-refractivity contribution in [1.29, 1.82) is 0 Å². The van der Waals surface area contributed by atoms with Gasteiger partial charge < -0.3 is 10.1 Å². The van der Waals surface area contributed by atoms with Crippen LogP contribution in [0, 0.1) is 5.82 Å². The van der Waals surface area contributed by atoms with Gasteiger partial charge in [-0.2, -0.15) is 0 Å². The van der Waals surface area contributed by atoms with E-state index >= 15 is 0 Å². The molecule has 184 valence electrons. The first kappa shape index (κ1) is 24.4. The summed E-state index contributed by atoms with van der Waals surface area (Å²) in [4.78, 5) is 33.4. The summed E-state index contributed by atoms with van der Waals surface area (Å²) >= 11 is 0. The van der Waals surface area contributed by atoms with Crippen molar-refractivity contribution in [3.05, 3.63) is 48.4 Å². The SMILES string of the molecule is CCOc1cncc(-c2cnc(NC(=O)C(CC)c3ccnc(NS(=O)(=O)C4CC4)n3)c(F)c2)n1. The molecule has 1 aliphatic rings. The standard InChI is InChI=1S/C22H24FN7O4S/c1-3-15(17-7-8-25-22(28-17)30-35(32,33)14-5-6-14)21(31)29-20-16(23)9-13(10-26-20)18-11-24-12-19(27-18)34-4-2/h7-12,14-15H,3-6H2,1-2H3,(H,25,28,30)(H,26,29,31). The third-order valence-corrected chi connectivity index (χ3v) is 7.06. The summed E-state index contributed by atoms with van der Waals surface area (Å²) in [5.74, 6) is -2.14. The molecule has 1 saturated carbocycles. The number of hydrogen-bond acceptors (Lipinski definition) is 9. The summed E-state index contributed by atoms with van der Waals surface area (Å²) in [7, 11) is -3.55. The van der Waals surface area contributed by atoms with E-state index in [0.29, 0.717) is 48.7 Å². The van der Waals surface area contributed by atoms with E-state index in [4.69, 9.17) is 4.74 Å². The van der Waals surface area contributed by atoms with E-state index < -0.39 is 32.9 Å². The van der Waals surface area contributed by atoms with Gasteiger partial charge in [-0.15, -0.1) is 0 Å². The van der Waals surface area contributed by atoms with Crippen LogP contribution < -0.4 is 14.8 Å². The van der Waals surface area contributed by atoms with Gasteiger partial charge in [-0.05, 0) is 38.3 Å². The Morgan fingerprint density at radius 2 is 2.00 bits per heavy atom. The molecule has 1 amide bonds. The van der Waals surface area contributed by atoms with Crippen molar-refractivity contribution < 1.29 is 22.3 Å². The summed E-state index contributed by atoms with van der Waals surface area (Å²) < 4.78 is 46.8. The summed E-state index contributed by atoms with van der Waals surface area (Å²) in [5, 5.41) is 2.04. The number of anilines is 2. The van der Waals surface area contributed by atoms with Crippen molar-refractivity contribution in [2.24, 2.45) is 0 Å². The van der Waals surface area contributed by atoms with Crippen molar-refractivity contribution in [2.75, 3.05) is 16.6 Å². The van der Waals surface area contributed by atoms with Crippen molar-refractivity contribution in [2.45, 2.75) is 44.3 Å². The number of rotatable bonds is 10. The van der Waals surface area contributed by atoms with Crippen molar-refractivity contribution in [3.8, 4) is 17.1 Å². The third kappa shape index (κ3) is 5.85. The van der Waals surface area contributed by atoms with Crippen LogP contribution in [0.25, 0.3) is 11.3 Å². The molecule has 0 aromatic carbocycles. The van der Waals surface area contributed by atoms with Crippen LogP contribution in [-0.4, -0.2) is 51.1 Å². The number of aromatic nitrogens is 5. The van der Waals surface area contributed by atoms with E-state index in [1.807, 2.05) is 6.92 Å². The Balaban J connectivity index is 1.49. The van der Waals surface area contributed by atoms with Gasteiger partial charge in [-0.1, -0.05) is 6.92 Å². The highest BCUT2D eigenvalue weighted by molar-refractivity contribution is 7.93. The molecule has 0 saturated heterocycles. The number of nitrogens with zero attached hydrogens (tertiary/aromatic N) is 5. The van der Waals surface area contributed by atoms with Crippen LogP contribution in [0.3, 0.4) is 0 Å². The molecule has 3 aromatic rings. The minimum absolute atomic E-state index is 0.107. The first-order valence-electron chi connectivity index (χ1n) is 11.1. The monoisotopic (exact) mass is 501 g/mol. The van der Waals surface area contributed by atoms with E-state index in [1.165, 1.54) is 36.9 Å². The van der Waals surface area contributed by atoms with E-state index in [-0.39, 0.29) is 11.8 Å². The smallest absolute Gasteiger partial charge is 0.237 e. The fourth-order valence-corrected chi connectivity index (χ4v) is 4.59. The largest absolute Gasteiger partial charge is 0.477 e. The summed E-state index contributed by atoms with van der Waals surface area (Å²) in [5.41, 5.74) is 1.03. The molecule has 0 bridgehead atoms. The van der Waals surface area contributed by atoms with Gasteiger partial charge in [0, 0.05) is 18.0 Å². The quantitative estimate of drug-likeness (QED) is 0.427. The highest BCUT2D eigenvalue weighted by Gasteiger charge is 2.36. The molecule has 3 heterocycles. The lowest BCUT2D eigenvalue weighted by molar-refractivity contribution is -0.117. The molecule has 4 rings (SSSR count). The van der Waals surface area contributed by atoms with Crippen LogP contribution in [0.15, 0.2) is 36.9 Å². The third-order valence-electron chi connectivity index (χ3n) is 5.24. The summed E-state index contributed by atoms with van der Waals surface area (Å²) in [6.45, 7) is 3.98. The van der Waals surface area contributed by atoms with Crippen LogP contribution in [0.5, 0.6) is 5.88 Å². The minimum Gasteiger partial charge on any atom is -0.477 e. The van der Waals surface area contributed by atoms with Crippen LogP contribution in [0.2, 0.25) is 0 Å². The summed E-state index contributed by atoms with van der Waals surface area (Å²) in [6, 6.07) is 2.71. The Kier molecular flexibility index (Phi) is 7.15. The Hall–Kier alpha value is -3.74. The summed E-state index contributed by atoms with van der Waals surface area (Å²) in [6.07, 6.45) is 7.16. The number of pyridine rings is 1. The van der Waals surface area contributed by atoms with Gasteiger partial charge in [-0.3, -0.25) is 14.5 Å². The van der Waals surface area contributed by atoms with Crippen molar-refractivity contribution >= 4 is 27.7 Å². The molecule has 1 aliphatic carbocycles. The Bertz CT molecular complexity index is 1330. The minimum atomic E-state index is -3.55. The topological polar surface area (TPSA) is 149 Å². The molecule has 35 heavy (non-hydrogen) atoms. The maximum Gasteiger partial charge on any atom is 0.237 e. The van der Waals surface area contributed by atoms with E-state index in [1.54, 1.807) is 6.92 Å². The highest BCUT2D eigenvalue weighted by Crippen LogP contribution is 2.29. The number of halogens is 1. The van der Waals surface area contributed by atoms with Crippen LogP contribution in [0.4, 0.5) is 16.2 Å². The van der Waals surface area contributed by atoms with Crippen LogP contribution >= 0.6 is 0 Å². The Morgan fingerprint density at radius 1 is 1.20 bits per heavy atom. The number of amides is 1. The van der Waals surface area contributed by atoms with Gasteiger partial charge in [0.05, 0.1) is 41.6 Å². The van der Waals surface area contributed by atoms with Gasteiger partial charge in [-0.25, -0.2) is 32.7 Å². The molecule has 1 fully saturated rings. The van der Waals surface area contributed by atoms with Crippen LogP contribution in [0.1, 0.15) is 44.7 Å². The molecule has 0 spiro atoms. The molecule has 2 N–H and O–H groups in total. The molecule has 1 atom stereocenters. The first-order chi connectivity index (χ1) is 16.8. The zero-order valence-corrected chi connectivity index (χ0v) is 19.9. The number of carbonyl (C=O) groups is 1. The van der Waals surface area contributed by atoms with Gasteiger partial charge >= 0.3 is 0 Å². The maximum absolute atomic E-state index is 14.8. The lowest BCUT2D eigenvalue weighted by Gasteiger charge is -2.15. The molecule has 13 heteroatoms. The van der Waals surface area contributed by atoms with Crippen molar-refractivity contribution in [1.82, 2.24) is 24.9 Å². The lowest BCUT2D eigenvalue weighted by Crippen LogP contribution is -2.24. The average molecular weight is 502 g/mol. The zero-order valence-electron chi connectivity index (χ0n) is 19.1. The van der Waals surface area contributed by atoms with Gasteiger partial charge in [0.1, 0.15) is 0 Å². The van der Waals surface area contributed by atoms with Crippen LogP contribution in [-0.2, 0) is 14.8 Å². The number of ether oxygens (including phenoxy) is 1. The molecule has 1 unspecified atom stereocenters. The van der Waals surface area contributed by atoms with Crippen molar-refractivity contribution in [3.63, 3.8) is 0 Å². The second-order valence-electron chi connectivity index (χ2n) is 7.83. The number of carbonyl (C=O) groups excluding carboxylic acids is 1. The number of nitrogens with one attached hydrogen (secondary N) is 2. The first-order valence-corrected chi connectivity index (χ1v) is 12.6. The second kappa shape index (κ2) is 10.3. The van der Waals surface area contributed by atoms with E-state index in [0.717, 1.165) is 0 Å². The normalized spacial score (nSPS) is 14.3. The maximum atomic E-state index is 14.8. The second-order valence-corrected chi connectivity index (χ2v) is 9.79. The predicted octanol–water partition coefficient (Wildman–Crippen LogP) is 2.90. The predicted molar refractivity (Wildman–Crippen MR) is 126 cm³/mol. The lowest BCUT2D eigenvalue weighted by atomic mass is 10.0. The number of sulfonamides is 1. The van der Waals surface area contributed by atoms with Gasteiger partial charge in [0.2, 0.25) is 27.8 Å². The fourth-order valence-electron chi connectivity index (χ4n) is 3.31. The molecular weight excluding hydrogens is 477 g/mol. The number of hydrogen-bond donors (Lipinski definition) is 2. The highest BCUT2D eigenvalue weighted by atomic mass is 32.2. The average Bonchev–Trinajstić information content (AvgIpc) is 3.68. The molecular formula is C22H24FN7O4S.